The highest BCUT2D eigenvalue weighted by Gasteiger charge is 2.10. The molecule has 2 rings (SSSR count). The molecule has 1 aromatic carbocycles. The molecule has 0 aliphatic heterocycles. The third-order valence-corrected chi connectivity index (χ3v) is 3.10. The molecular weight excluding hydrogens is 334 g/mol. The zero-order valence-electron chi connectivity index (χ0n) is 11.8. The molecule has 0 N–H and O–H groups in total. The van der Waals surface area contributed by atoms with Crippen molar-refractivity contribution in [1.29, 1.82) is 5.26 Å². The lowest BCUT2D eigenvalue weighted by molar-refractivity contribution is 0.373. The van der Waals surface area contributed by atoms with Crippen LogP contribution in [-0.4, -0.2) is 17.1 Å². The maximum atomic E-state index is 8.90. The molecule has 1 aromatic heterocycles. The van der Waals surface area contributed by atoms with Crippen LogP contribution in [0.4, 0.5) is 0 Å². The third kappa shape index (κ3) is 3.92. The molecule has 108 valence electrons. The van der Waals surface area contributed by atoms with Gasteiger partial charge in [0.05, 0.1) is 18.7 Å². The molecule has 0 aliphatic rings. The molecule has 6 heteroatoms. The van der Waals surface area contributed by atoms with Gasteiger partial charge in [-0.1, -0.05) is 6.92 Å². The Morgan fingerprint density at radius 1 is 1.24 bits per heavy atom. The minimum atomic E-state index is 0.434. The summed E-state index contributed by atoms with van der Waals surface area (Å²) in [6, 6.07) is 8.73. The first-order valence-electron chi connectivity index (χ1n) is 6.45. The van der Waals surface area contributed by atoms with Crippen LogP contribution in [-0.2, 0) is 6.42 Å². The van der Waals surface area contributed by atoms with Crippen molar-refractivity contribution in [3.63, 3.8) is 0 Å². The van der Waals surface area contributed by atoms with E-state index in [9.17, 15) is 0 Å². The summed E-state index contributed by atoms with van der Waals surface area (Å²) >= 11 is 3.35. The molecule has 0 radical (unpaired) electrons. The Labute approximate surface area is 131 Å². The third-order valence-electron chi connectivity index (χ3n) is 2.70. The fourth-order valence-electron chi connectivity index (χ4n) is 1.76. The minimum Gasteiger partial charge on any atom is -0.493 e. The highest BCUT2D eigenvalue weighted by atomic mass is 79.9. The topological polar surface area (TPSA) is 68.0 Å². The van der Waals surface area contributed by atoms with E-state index in [1.807, 2.05) is 0 Å². The van der Waals surface area contributed by atoms with Crippen molar-refractivity contribution in [2.75, 3.05) is 7.11 Å². The van der Waals surface area contributed by atoms with Crippen LogP contribution in [0.15, 0.2) is 28.9 Å². The standard InChI is InChI=1S/C15H14BrN3O2/c1-3-4-14-18-13(16)8-15(19-14)21-11-6-5-10(9-17)7-12(11)20-2/h5-8H,3-4H2,1-2H3. The van der Waals surface area contributed by atoms with Gasteiger partial charge in [-0.25, -0.2) is 4.98 Å². The van der Waals surface area contributed by atoms with Crippen LogP contribution < -0.4 is 9.47 Å². The molecule has 0 unspecified atom stereocenters. The van der Waals surface area contributed by atoms with Gasteiger partial charge in [-0.05, 0) is 34.5 Å². The van der Waals surface area contributed by atoms with Crippen molar-refractivity contribution in [1.82, 2.24) is 9.97 Å². The molecule has 0 amide bonds. The molecular formula is C15H14BrN3O2. The van der Waals surface area contributed by atoms with Crippen molar-refractivity contribution in [2.24, 2.45) is 0 Å². The van der Waals surface area contributed by atoms with E-state index in [1.54, 1.807) is 24.3 Å². The molecule has 0 saturated heterocycles. The highest BCUT2D eigenvalue weighted by molar-refractivity contribution is 9.10. The molecule has 0 bridgehead atoms. The average molecular weight is 348 g/mol. The van der Waals surface area contributed by atoms with Crippen LogP contribution >= 0.6 is 15.9 Å². The lowest BCUT2D eigenvalue weighted by atomic mass is 10.2. The summed E-state index contributed by atoms with van der Waals surface area (Å²) in [6.07, 6.45) is 1.73. The lowest BCUT2D eigenvalue weighted by Gasteiger charge is -2.10. The van der Waals surface area contributed by atoms with Gasteiger partial charge in [-0.3, -0.25) is 0 Å². The van der Waals surface area contributed by atoms with Gasteiger partial charge in [0.2, 0.25) is 5.88 Å². The number of hydrogen-bond acceptors (Lipinski definition) is 5. The molecule has 0 atom stereocenters. The Kier molecular flexibility index (Phi) is 5.12. The van der Waals surface area contributed by atoms with Crippen LogP contribution in [0, 0.1) is 11.3 Å². The van der Waals surface area contributed by atoms with Crippen LogP contribution in [0.2, 0.25) is 0 Å². The molecule has 1 heterocycles. The van der Waals surface area contributed by atoms with E-state index >= 15 is 0 Å². The Hall–Kier alpha value is -2.13. The summed E-state index contributed by atoms with van der Waals surface area (Å²) in [7, 11) is 1.53. The quantitative estimate of drug-likeness (QED) is 0.768. The van der Waals surface area contributed by atoms with Crippen molar-refractivity contribution < 1.29 is 9.47 Å². The zero-order valence-corrected chi connectivity index (χ0v) is 13.3. The summed E-state index contributed by atoms with van der Waals surface area (Å²) in [5, 5.41) is 8.90. The smallest absolute Gasteiger partial charge is 0.223 e. The monoisotopic (exact) mass is 347 g/mol. The number of halogens is 1. The second-order valence-corrected chi connectivity index (χ2v) is 5.09. The number of nitriles is 1. The predicted octanol–water partition coefficient (Wildman–Crippen LogP) is 3.86. The molecule has 0 spiro atoms. The first-order chi connectivity index (χ1) is 10.2. The number of aryl methyl sites for hydroxylation is 1. The van der Waals surface area contributed by atoms with E-state index in [-0.39, 0.29) is 0 Å². The largest absolute Gasteiger partial charge is 0.493 e. The second-order valence-electron chi connectivity index (χ2n) is 4.27. The number of methoxy groups -OCH3 is 1. The Bertz CT molecular complexity index is 683. The number of aromatic nitrogens is 2. The summed E-state index contributed by atoms with van der Waals surface area (Å²) < 4.78 is 11.7. The van der Waals surface area contributed by atoms with Gasteiger partial charge in [-0.2, -0.15) is 10.2 Å². The van der Waals surface area contributed by atoms with Crippen LogP contribution in [0.5, 0.6) is 17.4 Å². The fraction of sp³-hybridized carbons (Fsp3) is 0.267. The van der Waals surface area contributed by atoms with Gasteiger partial charge >= 0.3 is 0 Å². The van der Waals surface area contributed by atoms with Crippen LogP contribution in [0.1, 0.15) is 24.7 Å². The second kappa shape index (κ2) is 7.04. The lowest BCUT2D eigenvalue weighted by Crippen LogP contribution is -1.99. The summed E-state index contributed by atoms with van der Waals surface area (Å²) in [4.78, 5) is 8.64. The van der Waals surface area contributed by atoms with Crippen LogP contribution in [0.3, 0.4) is 0 Å². The summed E-state index contributed by atoms with van der Waals surface area (Å²) in [5.41, 5.74) is 0.509. The van der Waals surface area contributed by atoms with E-state index in [4.69, 9.17) is 14.7 Å². The maximum Gasteiger partial charge on any atom is 0.223 e. The first kappa shape index (κ1) is 15.3. The Balaban J connectivity index is 2.31. The van der Waals surface area contributed by atoms with Gasteiger partial charge in [0.15, 0.2) is 11.5 Å². The van der Waals surface area contributed by atoms with Crippen molar-refractivity contribution in [3.05, 3.63) is 40.3 Å². The normalized spacial score (nSPS) is 10.0. The summed E-state index contributed by atoms with van der Waals surface area (Å²) in [6.45, 7) is 2.06. The van der Waals surface area contributed by atoms with Gasteiger partial charge in [-0.15, -0.1) is 0 Å². The fourth-order valence-corrected chi connectivity index (χ4v) is 2.16. The first-order valence-corrected chi connectivity index (χ1v) is 7.25. The van der Waals surface area contributed by atoms with Gasteiger partial charge in [0.25, 0.3) is 0 Å². The van der Waals surface area contributed by atoms with E-state index < -0.39 is 0 Å². The van der Waals surface area contributed by atoms with E-state index in [0.717, 1.165) is 18.7 Å². The Morgan fingerprint density at radius 2 is 2.05 bits per heavy atom. The molecule has 0 saturated carbocycles. The molecule has 5 nitrogen and oxygen atoms in total. The molecule has 21 heavy (non-hydrogen) atoms. The predicted molar refractivity (Wildman–Crippen MR) is 81.5 cm³/mol. The zero-order chi connectivity index (χ0) is 15.2. The Morgan fingerprint density at radius 3 is 2.71 bits per heavy atom. The SMILES string of the molecule is CCCc1nc(Br)cc(Oc2ccc(C#N)cc2OC)n1. The van der Waals surface area contributed by atoms with Crippen molar-refractivity contribution in [2.45, 2.75) is 19.8 Å². The summed E-state index contributed by atoms with van der Waals surface area (Å²) in [5.74, 6) is 2.14. The van der Waals surface area contributed by atoms with Gasteiger partial charge in [0.1, 0.15) is 10.4 Å². The maximum absolute atomic E-state index is 8.90. The van der Waals surface area contributed by atoms with Gasteiger partial charge < -0.3 is 9.47 Å². The van der Waals surface area contributed by atoms with E-state index in [1.165, 1.54) is 7.11 Å². The number of rotatable bonds is 5. The van der Waals surface area contributed by atoms with Crippen molar-refractivity contribution >= 4 is 15.9 Å². The number of nitrogens with zero attached hydrogens (tertiary/aromatic N) is 3. The number of ether oxygens (including phenoxy) is 2. The van der Waals surface area contributed by atoms with Gasteiger partial charge in [0, 0.05) is 18.6 Å². The number of hydrogen-bond donors (Lipinski definition) is 0. The van der Waals surface area contributed by atoms with Crippen LogP contribution in [0.25, 0.3) is 0 Å². The van der Waals surface area contributed by atoms with Crippen molar-refractivity contribution in [3.8, 4) is 23.4 Å². The molecule has 0 fully saturated rings. The van der Waals surface area contributed by atoms with E-state index in [2.05, 4.69) is 38.9 Å². The number of benzene rings is 1. The van der Waals surface area contributed by atoms with E-state index in [0.29, 0.717) is 27.5 Å². The molecule has 0 aliphatic carbocycles. The molecule has 2 aromatic rings. The highest BCUT2D eigenvalue weighted by Crippen LogP contribution is 2.32. The minimum absolute atomic E-state index is 0.434. The average Bonchev–Trinajstić information content (AvgIpc) is 2.47.